The third-order valence-electron chi connectivity index (χ3n) is 2.54. The molecule has 2 aromatic heterocycles. The standard InChI is InChI=1S/C14H12FN3O2/c15-11-6-10(7-16-8-11)13-4-3-12(9-17-13)18-14(20)2-1-5-19/h3-9H,1-2H2,(H,18,20). The number of hydrogen-bond donors (Lipinski definition) is 1. The van der Waals surface area contributed by atoms with Crippen LogP contribution in [0, 0.1) is 5.82 Å². The van der Waals surface area contributed by atoms with Crippen molar-refractivity contribution in [1.82, 2.24) is 9.97 Å². The van der Waals surface area contributed by atoms with Crippen molar-refractivity contribution in [3.05, 3.63) is 42.6 Å². The maximum Gasteiger partial charge on any atom is 0.224 e. The Labute approximate surface area is 114 Å². The predicted octanol–water partition coefficient (Wildman–Crippen LogP) is 2.20. The molecule has 0 saturated heterocycles. The summed E-state index contributed by atoms with van der Waals surface area (Å²) in [6, 6.07) is 4.65. The van der Waals surface area contributed by atoms with Gasteiger partial charge in [0.25, 0.3) is 0 Å². The molecule has 0 bridgehead atoms. The molecule has 1 amide bonds. The van der Waals surface area contributed by atoms with E-state index in [2.05, 4.69) is 15.3 Å². The van der Waals surface area contributed by atoms with Crippen LogP contribution >= 0.6 is 0 Å². The molecule has 0 atom stereocenters. The van der Waals surface area contributed by atoms with Gasteiger partial charge in [0.15, 0.2) is 0 Å². The van der Waals surface area contributed by atoms with Crippen molar-refractivity contribution in [2.45, 2.75) is 12.8 Å². The molecule has 0 spiro atoms. The van der Waals surface area contributed by atoms with Crippen LogP contribution in [0.4, 0.5) is 10.1 Å². The van der Waals surface area contributed by atoms with Crippen molar-refractivity contribution in [3.63, 3.8) is 0 Å². The Hall–Kier alpha value is -2.63. The van der Waals surface area contributed by atoms with Crippen molar-refractivity contribution in [1.29, 1.82) is 0 Å². The summed E-state index contributed by atoms with van der Waals surface area (Å²) in [5.41, 5.74) is 1.64. The Morgan fingerprint density at radius 1 is 1.30 bits per heavy atom. The molecule has 2 rings (SSSR count). The van der Waals surface area contributed by atoms with Crippen LogP contribution in [0.2, 0.25) is 0 Å². The van der Waals surface area contributed by atoms with Gasteiger partial charge in [-0.05, 0) is 18.2 Å². The summed E-state index contributed by atoms with van der Waals surface area (Å²) in [5, 5.41) is 2.62. The molecule has 0 saturated carbocycles. The van der Waals surface area contributed by atoms with Gasteiger partial charge in [-0.25, -0.2) is 4.39 Å². The van der Waals surface area contributed by atoms with Crippen molar-refractivity contribution in [2.75, 3.05) is 5.32 Å². The second-order valence-electron chi connectivity index (χ2n) is 4.08. The topological polar surface area (TPSA) is 72.0 Å². The van der Waals surface area contributed by atoms with E-state index in [-0.39, 0.29) is 18.7 Å². The van der Waals surface area contributed by atoms with Gasteiger partial charge in [0.05, 0.1) is 23.8 Å². The van der Waals surface area contributed by atoms with Crippen molar-refractivity contribution < 1.29 is 14.0 Å². The summed E-state index contributed by atoms with van der Waals surface area (Å²) >= 11 is 0. The molecule has 5 nitrogen and oxygen atoms in total. The summed E-state index contributed by atoms with van der Waals surface area (Å²) in [4.78, 5) is 29.5. The van der Waals surface area contributed by atoms with Gasteiger partial charge in [0.1, 0.15) is 12.1 Å². The van der Waals surface area contributed by atoms with Crippen LogP contribution < -0.4 is 5.32 Å². The number of amides is 1. The van der Waals surface area contributed by atoms with Gasteiger partial charge in [0.2, 0.25) is 5.91 Å². The molecule has 2 aromatic rings. The first-order valence-corrected chi connectivity index (χ1v) is 5.99. The molecular weight excluding hydrogens is 261 g/mol. The number of pyridine rings is 2. The highest BCUT2D eigenvalue weighted by Crippen LogP contribution is 2.18. The minimum absolute atomic E-state index is 0.138. The molecule has 20 heavy (non-hydrogen) atoms. The molecular formula is C14H12FN3O2. The van der Waals surface area contributed by atoms with Gasteiger partial charge in [-0.2, -0.15) is 0 Å². The second kappa shape index (κ2) is 6.51. The molecule has 0 aliphatic heterocycles. The van der Waals surface area contributed by atoms with Crippen LogP contribution in [0.25, 0.3) is 11.3 Å². The third kappa shape index (κ3) is 3.68. The van der Waals surface area contributed by atoms with Crippen LogP contribution in [0.15, 0.2) is 36.8 Å². The minimum atomic E-state index is -0.435. The third-order valence-corrected chi connectivity index (χ3v) is 2.54. The van der Waals surface area contributed by atoms with Crippen LogP contribution in [-0.2, 0) is 9.59 Å². The van der Waals surface area contributed by atoms with Crippen molar-refractivity contribution >= 4 is 17.9 Å². The predicted molar refractivity (Wildman–Crippen MR) is 71.4 cm³/mol. The highest BCUT2D eigenvalue weighted by atomic mass is 19.1. The number of anilines is 1. The smallest absolute Gasteiger partial charge is 0.224 e. The van der Waals surface area contributed by atoms with E-state index in [0.29, 0.717) is 23.2 Å². The van der Waals surface area contributed by atoms with Crippen LogP contribution in [0.3, 0.4) is 0 Å². The number of nitrogens with one attached hydrogen (secondary N) is 1. The maximum absolute atomic E-state index is 13.0. The lowest BCUT2D eigenvalue weighted by Gasteiger charge is -2.05. The molecule has 0 radical (unpaired) electrons. The quantitative estimate of drug-likeness (QED) is 0.848. The molecule has 6 heteroatoms. The summed E-state index contributed by atoms with van der Waals surface area (Å²) in [7, 11) is 0. The monoisotopic (exact) mass is 273 g/mol. The fourth-order valence-corrected chi connectivity index (χ4v) is 1.60. The van der Waals surface area contributed by atoms with Gasteiger partial charge < -0.3 is 10.1 Å². The van der Waals surface area contributed by atoms with Gasteiger partial charge in [-0.15, -0.1) is 0 Å². The Morgan fingerprint density at radius 2 is 2.15 bits per heavy atom. The summed E-state index contributed by atoms with van der Waals surface area (Å²) in [6.45, 7) is 0. The number of nitrogens with zero attached hydrogens (tertiary/aromatic N) is 2. The molecule has 0 unspecified atom stereocenters. The van der Waals surface area contributed by atoms with Crippen LogP contribution in [0.1, 0.15) is 12.8 Å². The van der Waals surface area contributed by atoms with E-state index in [1.165, 1.54) is 18.5 Å². The largest absolute Gasteiger partial charge is 0.325 e. The normalized spacial score (nSPS) is 10.1. The molecule has 0 aliphatic carbocycles. The zero-order valence-electron chi connectivity index (χ0n) is 10.5. The van der Waals surface area contributed by atoms with E-state index < -0.39 is 5.82 Å². The molecule has 0 aliphatic rings. The lowest BCUT2D eigenvalue weighted by atomic mass is 10.2. The first-order chi connectivity index (χ1) is 9.69. The SMILES string of the molecule is O=CCCC(=O)Nc1ccc(-c2cncc(F)c2)nc1. The van der Waals surface area contributed by atoms with Gasteiger partial charge in [-0.3, -0.25) is 14.8 Å². The minimum Gasteiger partial charge on any atom is -0.325 e. The molecule has 1 N–H and O–H groups in total. The average molecular weight is 273 g/mol. The van der Waals surface area contributed by atoms with Crippen molar-refractivity contribution in [2.24, 2.45) is 0 Å². The van der Waals surface area contributed by atoms with Gasteiger partial charge in [-0.1, -0.05) is 0 Å². The fourth-order valence-electron chi connectivity index (χ4n) is 1.60. The van der Waals surface area contributed by atoms with E-state index in [4.69, 9.17) is 0 Å². The Morgan fingerprint density at radius 3 is 2.80 bits per heavy atom. The van der Waals surface area contributed by atoms with E-state index in [0.717, 1.165) is 6.20 Å². The highest BCUT2D eigenvalue weighted by molar-refractivity contribution is 5.91. The van der Waals surface area contributed by atoms with E-state index in [1.807, 2.05) is 0 Å². The number of carbonyl (C=O) groups excluding carboxylic acids is 2. The lowest BCUT2D eigenvalue weighted by Crippen LogP contribution is -2.11. The van der Waals surface area contributed by atoms with Crippen molar-refractivity contribution in [3.8, 4) is 11.3 Å². The summed E-state index contributed by atoms with van der Waals surface area (Å²) < 4.78 is 13.0. The molecule has 102 valence electrons. The average Bonchev–Trinajstić information content (AvgIpc) is 2.46. The lowest BCUT2D eigenvalue weighted by molar-refractivity contribution is -0.118. The van der Waals surface area contributed by atoms with Crippen LogP contribution in [-0.4, -0.2) is 22.2 Å². The second-order valence-corrected chi connectivity index (χ2v) is 4.08. The number of hydrogen-bond acceptors (Lipinski definition) is 4. The number of halogens is 1. The van der Waals surface area contributed by atoms with Crippen LogP contribution in [0.5, 0.6) is 0 Å². The summed E-state index contributed by atoms with van der Waals surface area (Å²) in [6.07, 6.45) is 5.11. The zero-order chi connectivity index (χ0) is 14.4. The Kier molecular flexibility index (Phi) is 4.49. The van der Waals surface area contributed by atoms with E-state index in [1.54, 1.807) is 12.1 Å². The Bertz CT molecular complexity index is 614. The van der Waals surface area contributed by atoms with Gasteiger partial charge in [0, 0.05) is 24.6 Å². The fraction of sp³-hybridized carbons (Fsp3) is 0.143. The number of aromatic nitrogens is 2. The summed E-state index contributed by atoms with van der Waals surface area (Å²) in [5.74, 6) is -0.686. The first kappa shape index (κ1) is 13.8. The molecule has 0 fully saturated rings. The molecule has 2 heterocycles. The zero-order valence-corrected chi connectivity index (χ0v) is 10.5. The van der Waals surface area contributed by atoms with E-state index in [9.17, 15) is 14.0 Å². The number of aldehydes is 1. The molecule has 0 aromatic carbocycles. The van der Waals surface area contributed by atoms with E-state index >= 15 is 0 Å². The van der Waals surface area contributed by atoms with Gasteiger partial charge >= 0.3 is 0 Å². The number of rotatable bonds is 5. The number of carbonyl (C=O) groups is 2. The first-order valence-electron chi connectivity index (χ1n) is 5.99. The maximum atomic E-state index is 13.0. The Balaban J connectivity index is 2.06. The highest BCUT2D eigenvalue weighted by Gasteiger charge is 2.04.